The topological polar surface area (TPSA) is 121 Å². The van der Waals surface area contributed by atoms with Crippen LogP contribution in [0.15, 0.2) is 43.0 Å². The number of amides is 2. The molecule has 4 aromatic heterocycles. The summed E-state index contributed by atoms with van der Waals surface area (Å²) in [5, 5.41) is 10.9. The number of aromatic nitrogens is 5. The van der Waals surface area contributed by atoms with Crippen LogP contribution in [-0.4, -0.2) is 61.1 Å². The summed E-state index contributed by atoms with van der Waals surface area (Å²) in [5.74, 6) is 1.26. The highest BCUT2D eigenvalue weighted by Crippen LogP contribution is 2.40. The van der Waals surface area contributed by atoms with Gasteiger partial charge in [0, 0.05) is 36.9 Å². The lowest BCUT2D eigenvalue weighted by molar-refractivity contribution is -0.118. The molecule has 0 spiro atoms. The summed E-state index contributed by atoms with van der Waals surface area (Å²) in [6, 6.07) is 5.50. The zero-order valence-corrected chi connectivity index (χ0v) is 21.0. The second-order valence-electron chi connectivity index (χ2n) is 10.2. The Balaban J connectivity index is 1.12. The van der Waals surface area contributed by atoms with Gasteiger partial charge in [0.05, 0.1) is 47.3 Å². The highest BCUT2D eigenvalue weighted by Gasteiger charge is 2.36. The number of piperidine rings is 1. The molecule has 6 rings (SSSR count). The number of hydrogen-bond acceptors (Lipinski definition) is 6. The van der Waals surface area contributed by atoms with Crippen molar-refractivity contribution < 1.29 is 9.59 Å². The number of aromatic amines is 1. The van der Waals surface area contributed by atoms with Crippen LogP contribution in [0.2, 0.25) is 0 Å². The first-order chi connectivity index (χ1) is 17.9. The lowest BCUT2D eigenvalue weighted by Gasteiger charge is -2.45. The maximum absolute atomic E-state index is 13.1. The fourth-order valence-electron chi connectivity index (χ4n) is 5.35. The molecule has 2 atom stereocenters. The van der Waals surface area contributed by atoms with Gasteiger partial charge in [0.1, 0.15) is 5.65 Å². The first-order valence-corrected chi connectivity index (χ1v) is 12.7. The third kappa shape index (κ3) is 4.84. The van der Waals surface area contributed by atoms with E-state index in [2.05, 4.69) is 35.6 Å². The van der Waals surface area contributed by atoms with Gasteiger partial charge in [0.15, 0.2) is 0 Å². The van der Waals surface area contributed by atoms with Crippen LogP contribution in [-0.2, 0) is 11.8 Å². The molecule has 2 amide bonds. The standard InChI is InChI=1S/C27H30N8O2/c1-16-23(9-22(12-28-16)31-25(36)15-35-6-5-17-3-4-18(17)14-35)33-27(37)20-7-19-8-24(32-26(19)29-10-20)21-11-30-34(2)13-21/h7-13,17-18H,3-6,14-15H2,1-2H3,(H,29,32)(H,31,36)(H,33,37)/t17-,18+/m0/s1. The summed E-state index contributed by atoms with van der Waals surface area (Å²) in [6.45, 7) is 4.18. The minimum Gasteiger partial charge on any atom is -0.339 e. The lowest BCUT2D eigenvalue weighted by atomic mass is 9.69. The number of aryl methyl sites for hydroxylation is 2. The van der Waals surface area contributed by atoms with Crippen LogP contribution in [0, 0.1) is 18.8 Å². The minimum absolute atomic E-state index is 0.0627. The first-order valence-electron chi connectivity index (χ1n) is 12.7. The SMILES string of the molecule is Cc1ncc(NC(=O)CN2CC[C@@H]3CC[C@@H]3C2)cc1NC(=O)c1cnc2[nH]c(-c3cnn(C)c3)cc2c1. The Morgan fingerprint density at radius 3 is 2.68 bits per heavy atom. The molecule has 1 aliphatic heterocycles. The monoisotopic (exact) mass is 498 g/mol. The van der Waals surface area contributed by atoms with E-state index in [0.717, 1.165) is 41.6 Å². The molecule has 5 heterocycles. The molecule has 0 unspecified atom stereocenters. The Labute approximate surface area is 214 Å². The fraction of sp³-hybridized carbons (Fsp3) is 0.370. The number of rotatable bonds is 6. The minimum atomic E-state index is -0.296. The van der Waals surface area contributed by atoms with Crippen molar-refractivity contribution in [2.45, 2.75) is 26.2 Å². The van der Waals surface area contributed by atoms with E-state index in [4.69, 9.17) is 0 Å². The number of pyridine rings is 2. The van der Waals surface area contributed by atoms with Gasteiger partial charge in [0.2, 0.25) is 5.91 Å². The van der Waals surface area contributed by atoms with Gasteiger partial charge in [-0.25, -0.2) is 4.98 Å². The molecule has 2 aliphatic rings. The second-order valence-corrected chi connectivity index (χ2v) is 10.2. The molecule has 1 saturated heterocycles. The molecule has 2 fully saturated rings. The van der Waals surface area contributed by atoms with Crippen LogP contribution in [0.1, 0.15) is 35.3 Å². The zero-order chi connectivity index (χ0) is 25.5. The summed E-state index contributed by atoms with van der Waals surface area (Å²) >= 11 is 0. The molecule has 0 bridgehead atoms. The maximum atomic E-state index is 13.1. The van der Waals surface area contributed by atoms with Crippen molar-refractivity contribution in [1.82, 2.24) is 29.6 Å². The number of H-pyrrole nitrogens is 1. The normalized spacial score (nSPS) is 19.3. The number of nitrogens with zero attached hydrogens (tertiary/aromatic N) is 5. The average molecular weight is 499 g/mol. The van der Waals surface area contributed by atoms with Crippen molar-refractivity contribution >= 4 is 34.2 Å². The largest absolute Gasteiger partial charge is 0.339 e. The summed E-state index contributed by atoms with van der Waals surface area (Å²) < 4.78 is 1.73. The van der Waals surface area contributed by atoms with Crippen LogP contribution in [0.4, 0.5) is 11.4 Å². The van der Waals surface area contributed by atoms with Gasteiger partial charge in [-0.3, -0.25) is 24.2 Å². The number of nitrogens with one attached hydrogen (secondary N) is 3. The van der Waals surface area contributed by atoms with E-state index < -0.39 is 0 Å². The van der Waals surface area contributed by atoms with E-state index in [1.807, 2.05) is 26.2 Å². The molecule has 0 radical (unpaired) electrons. The van der Waals surface area contributed by atoms with Crippen LogP contribution < -0.4 is 10.6 Å². The van der Waals surface area contributed by atoms with E-state index in [-0.39, 0.29) is 11.8 Å². The van der Waals surface area contributed by atoms with Crippen molar-refractivity contribution in [1.29, 1.82) is 0 Å². The molecule has 190 valence electrons. The van der Waals surface area contributed by atoms with Crippen molar-refractivity contribution in [2.24, 2.45) is 18.9 Å². The van der Waals surface area contributed by atoms with Crippen LogP contribution in [0.3, 0.4) is 0 Å². The van der Waals surface area contributed by atoms with Gasteiger partial charge in [0.25, 0.3) is 5.91 Å². The van der Waals surface area contributed by atoms with E-state index in [1.165, 1.54) is 19.3 Å². The zero-order valence-electron chi connectivity index (χ0n) is 21.0. The molecule has 1 aliphatic carbocycles. The Kier molecular flexibility index (Phi) is 5.96. The lowest BCUT2D eigenvalue weighted by Crippen LogP contribution is -2.47. The fourth-order valence-corrected chi connectivity index (χ4v) is 5.35. The number of fused-ring (bicyclic) bond motifs is 2. The average Bonchev–Trinajstić information content (AvgIpc) is 3.48. The van der Waals surface area contributed by atoms with Crippen LogP contribution in [0.5, 0.6) is 0 Å². The second kappa shape index (κ2) is 9.44. The molecule has 4 aromatic rings. The third-order valence-corrected chi connectivity index (χ3v) is 7.62. The Bertz CT molecular complexity index is 1490. The number of likely N-dealkylation sites (tertiary alicyclic amines) is 1. The highest BCUT2D eigenvalue weighted by molar-refractivity contribution is 6.06. The number of hydrogen-bond donors (Lipinski definition) is 3. The van der Waals surface area contributed by atoms with Gasteiger partial charge < -0.3 is 15.6 Å². The van der Waals surface area contributed by atoms with E-state index >= 15 is 0 Å². The molecular formula is C27H30N8O2. The molecule has 10 nitrogen and oxygen atoms in total. The number of carbonyl (C=O) groups is 2. The van der Waals surface area contributed by atoms with Gasteiger partial charge in [-0.15, -0.1) is 0 Å². The summed E-state index contributed by atoms with van der Waals surface area (Å²) in [7, 11) is 1.86. The van der Waals surface area contributed by atoms with Crippen molar-refractivity contribution in [3.05, 3.63) is 54.2 Å². The summed E-state index contributed by atoms with van der Waals surface area (Å²) in [4.78, 5) is 40.0. The summed E-state index contributed by atoms with van der Waals surface area (Å²) in [5.41, 5.74) is 4.71. The molecule has 10 heteroatoms. The molecule has 1 saturated carbocycles. The quantitative estimate of drug-likeness (QED) is 0.374. The molecule has 3 N–H and O–H groups in total. The number of carbonyl (C=O) groups excluding carboxylic acids is 2. The molecule has 37 heavy (non-hydrogen) atoms. The first kappa shape index (κ1) is 23.4. The van der Waals surface area contributed by atoms with Crippen molar-refractivity contribution in [3.63, 3.8) is 0 Å². The Morgan fingerprint density at radius 1 is 1.05 bits per heavy atom. The van der Waals surface area contributed by atoms with E-state index in [9.17, 15) is 9.59 Å². The predicted molar refractivity (Wildman–Crippen MR) is 141 cm³/mol. The van der Waals surface area contributed by atoms with Crippen molar-refractivity contribution in [3.8, 4) is 11.3 Å². The Hall–Kier alpha value is -4.05. The summed E-state index contributed by atoms with van der Waals surface area (Å²) in [6.07, 6.45) is 10.7. The third-order valence-electron chi connectivity index (χ3n) is 7.62. The smallest absolute Gasteiger partial charge is 0.257 e. The number of anilines is 2. The van der Waals surface area contributed by atoms with Crippen LogP contribution >= 0.6 is 0 Å². The molecule has 0 aromatic carbocycles. The van der Waals surface area contributed by atoms with E-state index in [1.54, 1.807) is 35.4 Å². The van der Waals surface area contributed by atoms with Crippen molar-refractivity contribution in [2.75, 3.05) is 30.3 Å². The predicted octanol–water partition coefficient (Wildman–Crippen LogP) is 3.59. The van der Waals surface area contributed by atoms with Crippen LogP contribution in [0.25, 0.3) is 22.3 Å². The highest BCUT2D eigenvalue weighted by atomic mass is 16.2. The van der Waals surface area contributed by atoms with Gasteiger partial charge in [-0.2, -0.15) is 5.10 Å². The maximum Gasteiger partial charge on any atom is 0.257 e. The van der Waals surface area contributed by atoms with Gasteiger partial charge >= 0.3 is 0 Å². The van der Waals surface area contributed by atoms with E-state index in [0.29, 0.717) is 34.8 Å². The Morgan fingerprint density at radius 2 is 1.92 bits per heavy atom. The van der Waals surface area contributed by atoms with Gasteiger partial charge in [-0.1, -0.05) is 0 Å². The van der Waals surface area contributed by atoms with Gasteiger partial charge in [-0.05, 0) is 62.8 Å². The molecular weight excluding hydrogens is 468 g/mol.